The maximum Gasteiger partial charge on any atom is 0.137 e. The highest BCUT2D eigenvalue weighted by Gasteiger charge is 2.14. The second-order valence-electron chi connectivity index (χ2n) is 4.71. The lowest BCUT2D eigenvalue weighted by Crippen LogP contribution is -2.10. The summed E-state index contributed by atoms with van der Waals surface area (Å²) in [6.07, 6.45) is 3.71. The van der Waals surface area contributed by atoms with Crippen LogP contribution in [0, 0.1) is 13.8 Å². The number of aliphatic hydroxyl groups excluding tert-OH is 1. The molecular formula is C15H20N2O. The van der Waals surface area contributed by atoms with Crippen molar-refractivity contribution in [2.24, 2.45) is 0 Å². The van der Waals surface area contributed by atoms with Crippen molar-refractivity contribution < 1.29 is 5.11 Å². The van der Waals surface area contributed by atoms with Gasteiger partial charge in [0, 0.05) is 25.4 Å². The fourth-order valence-electron chi connectivity index (χ4n) is 2.13. The number of rotatable bonds is 4. The molecule has 96 valence electrons. The lowest BCUT2D eigenvalue weighted by molar-refractivity contribution is 0.164. The van der Waals surface area contributed by atoms with Crippen molar-refractivity contribution in [3.63, 3.8) is 0 Å². The highest BCUT2D eigenvalue weighted by Crippen LogP contribution is 2.19. The van der Waals surface area contributed by atoms with Gasteiger partial charge in [-0.2, -0.15) is 0 Å². The first-order chi connectivity index (χ1) is 8.61. The molecule has 0 bridgehead atoms. The van der Waals surface area contributed by atoms with Crippen LogP contribution in [0.3, 0.4) is 0 Å². The molecule has 0 aliphatic heterocycles. The van der Waals surface area contributed by atoms with Crippen LogP contribution in [0.2, 0.25) is 0 Å². The van der Waals surface area contributed by atoms with Crippen molar-refractivity contribution in [1.82, 2.24) is 9.55 Å². The lowest BCUT2D eigenvalue weighted by Gasteiger charge is -2.13. The zero-order chi connectivity index (χ0) is 13.1. The van der Waals surface area contributed by atoms with Crippen LogP contribution in [0.1, 0.15) is 35.5 Å². The third kappa shape index (κ3) is 2.62. The Bertz CT molecular complexity index is 531. The van der Waals surface area contributed by atoms with E-state index in [4.69, 9.17) is 0 Å². The summed E-state index contributed by atoms with van der Waals surface area (Å²) < 4.78 is 1.98. The van der Waals surface area contributed by atoms with Gasteiger partial charge in [0.2, 0.25) is 0 Å². The number of hydrogen-bond donors (Lipinski definition) is 1. The molecule has 0 amide bonds. The molecule has 0 saturated carbocycles. The maximum atomic E-state index is 10.3. The van der Waals surface area contributed by atoms with Crippen molar-refractivity contribution in [1.29, 1.82) is 0 Å². The van der Waals surface area contributed by atoms with Gasteiger partial charge in [0.15, 0.2) is 0 Å². The van der Waals surface area contributed by atoms with Crippen LogP contribution in [0.25, 0.3) is 0 Å². The molecular weight excluding hydrogens is 224 g/mol. The van der Waals surface area contributed by atoms with Crippen molar-refractivity contribution in [2.75, 3.05) is 0 Å². The van der Waals surface area contributed by atoms with Gasteiger partial charge in [-0.1, -0.05) is 18.2 Å². The minimum Gasteiger partial charge on any atom is -0.385 e. The fraction of sp³-hybridized carbons (Fsp3) is 0.400. The highest BCUT2D eigenvalue weighted by atomic mass is 16.3. The molecule has 18 heavy (non-hydrogen) atoms. The first-order valence-electron chi connectivity index (χ1n) is 6.37. The van der Waals surface area contributed by atoms with Crippen LogP contribution < -0.4 is 0 Å². The summed E-state index contributed by atoms with van der Waals surface area (Å²) in [5.74, 6) is 0.746. The first kappa shape index (κ1) is 12.8. The number of benzene rings is 1. The van der Waals surface area contributed by atoms with E-state index < -0.39 is 6.10 Å². The SMILES string of the molecule is CCn1ccnc1C(O)Cc1ccc(C)c(C)c1. The van der Waals surface area contributed by atoms with Crippen LogP contribution in [0.15, 0.2) is 30.6 Å². The van der Waals surface area contributed by atoms with E-state index >= 15 is 0 Å². The Kier molecular flexibility index (Phi) is 3.82. The molecule has 1 heterocycles. The van der Waals surface area contributed by atoms with E-state index in [1.165, 1.54) is 11.1 Å². The molecule has 0 fully saturated rings. The largest absolute Gasteiger partial charge is 0.385 e. The van der Waals surface area contributed by atoms with Gasteiger partial charge in [-0.25, -0.2) is 4.98 Å². The third-order valence-electron chi connectivity index (χ3n) is 3.39. The zero-order valence-corrected chi connectivity index (χ0v) is 11.2. The van der Waals surface area contributed by atoms with Gasteiger partial charge in [-0.3, -0.25) is 0 Å². The fourth-order valence-corrected chi connectivity index (χ4v) is 2.13. The Labute approximate surface area is 108 Å². The monoisotopic (exact) mass is 244 g/mol. The van der Waals surface area contributed by atoms with Crippen LogP contribution in [-0.2, 0) is 13.0 Å². The first-order valence-corrected chi connectivity index (χ1v) is 6.37. The summed E-state index contributed by atoms with van der Waals surface area (Å²) in [4.78, 5) is 4.24. The summed E-state index contributed by atoms with van der Waals surface area (Å²) in [5, 5.41) is 10.3. The molecule has 0 spiro atoms. The predicted octanol–water partition coefficient (Wildman–Crippen LogP) is 2.80. The summed E-state index contributed by atoms with van der Waals surface area (Å²) in [6.45, 7) is 7.07. The smallest absolute Gasteiger partial charge is 0.137 e. The molecule has 2 aromatic rings. The van der Waals surface area contributed by atoms with Crippen LogP contribution >= 0.6 is 0 Å². The van der Waals surface area contributed by atoms with Gasteiger partial charge < -0.3 is 9.67 Å². The molecule has 0 aliphatic rings. The second kappa shape index (κ2) is 5.36. The summed E-state index contributed by atoms with van der Waals surface area (Å²) in [7, 11) is 0. The average molecular weight is 244 g/mol. The normalized spacial score (nSPS) is 12.7. The quantitative estimate of drug-likeness (QED) is 0.898. The van der Waals surface area contributed by atoms with Crippen molar-refractivity contribution in [3.8, 4) is 0 Å². The van der Waals surface area contributed by atoms with Crippen molar-refractivity contribution in [3.05, 3.63) is 53.1 Å². The van der Waals surface area contributed by atoms with Gasteiger partial charge in [0.05, 0.1) is 0 Å². The van der Waals surface area contributed by atoms with Gasteiger partial charge in [-0.15, -0.1) is 0 Å². The number of aliphatic hydroxyl groups is 1. The predicted molar refractivity (Wildman–Crippen MR) is 72.5 cm³/mol. The van der Waals surface area contributed by atoms with E-state index in [-0.39, 0.29) is 0 Å². The lowest BCUT2D eigenvalue weighted by atomic mass is 10.0. The van der Waals surface area contributed by atoms with E-state index in [1.54, 1.807) is 6.20 Å². The maximum absolute atomic E-state index is 10.3. The number of nitrogens with zero attached hydrogens (tertiary/aromatic N) is 2. The van der Waals surface area contributed by atoms with E-state index in [9.17, 15) is 5.11 Å². The van der Waals surface area contributed by atoms with Crippen LogP contribution in [0.5, 0.6) is 0 Å². The number of aromatic nitrogens is 2. The van der Waals surface area contributed by atoms with E-state index in [2.05, 4.69) is 37.0 Å². The Morgan fingerprint density at radius 2 is 2.06 bits per heavy atom. The Hall–Kier alpha value is -1.61. The van der Waals surface area contributed by atoms with Gasteiger partial charge in [0.1, 0.15) is 11.9 Å². The number of hydrogen-bond acceptors (Lipinski definition) is 2. The van der Waals surface area contributed by atoms with E-state index in [1.807, 2.05) is 17.7 Å². The summed E-state index contributed by atoms with van der Waals surface area (Å²) in [6, 6.07) is 6.31. The standard InChI is InChI=1S/C15H20N2O/c1-4-17-8-7-16-15(17)14(18)10-13-6-5-11(2)12(3)9-13/h5-9,14,18H,4,10H2,1-3H3. The molecule has 3 nitrogen and oxygen atoms in total. The molecule has 1 unspecified atom stereocenters. The number of imidazole rings is 1. The molecule has 0 aliphatic carbocycles. The molecule has 2 rings (SSSR count). The molecule has 0 radical (unpaired) electrons. The molecule has 1 N–H and O–H groups in total. The Morgan fingerprint density at radius 1 is 1.28 bits per heavy atom. The van der Waals surface area contributed by atoms with Crippen molar-refractivity contribution >= 4 is 0 Å². The molecule has 1 aromatic carbocycles. The van der Waals surface area contributed by atoms with Gasteiger partial charge >= 0.3 is 0 Å². The molecule has 0 saturated heterocycles. The molecule has 1 aromatic heterocycles. The van der Waals surface area contributed by atoms with Gasteiger partial charge in [0.25, 0.3) is 0 Å². The Morgan fingerprint density at radius 3 is 2.72 bits per heavy atom. The second-order valence-corrected chi connectivity index (χ2v) is 4.71. The van der Waals surface area contributed by atoms with Crippen molar-refractivity contribution in [2.45, 2.75) is 39.8 Å². The van der Waals surface area contributed by atoms with E-state index in [0.29, 0.717) is 6.42 Å². The van der Waals surface area contributed by atoms with E-state index in [0.717, 1.165) is 17.9 Å². The average Bonchev–Trinajstić information content (AvgIpc) is 2.82. The topological polar surface area (TPSA) is 38.0 Å². The van der Waals surface area contributed by atoms with Crippen LogP contribution in [0.4, 0.5) is 0 Å². The minimum absolute atomic E-state index is 0.540. The highest BCUT2D eigenvalue weighted by molar-refractivity contribution is 5.30. The Balaban J connectivity index is 2.16. The number of aryl methyl sites for hydroxylation is 3. The van der Waals surface area contributed by atoms with Crippen LogP contribution in [-0.4, -0.2) is 14.7 Å². The summed E-state index contributed by atoms with van der Waals surface area (Å²) >= 11 is 0. The third-order valence-corrected chi connectivity index (χ3v) is 3.39. The molecule has 3 heteroatoms. The minimum atomic E-state index is -0.540. The summed E-state index contributed by atoms with van der Waals surface area (Å²) in [5.41, 5.74) is 3.69. The van der Waals surface area contributed by atoms with Gasteiger partial charge in [-0.05, 0) is 37.5 Å². The zero-order valence-electron chi connectivity index (χ0n) is 11.2. The molecule has 1 atom stereocenters.